The van der Waals surface area contributed by atoms with Crippen LogP contribution in [0.2, 0.25) is 5.02 Å². The van der Waals surface area contributed by atoms with Gasteiger partial charge in [0.2, 0.25) is 0 Å². The quantitative estimate of drug-likeness (QED) is 0.787. The van der Waals surface area contributed by atoms with Crippen LogP contribution in [0.25, 0.3) is 0 Å². The predicted octanol–water partition coefficient (Wildman–Crippen LogP) is 3.98. The number of carbonyl (C=O) groups excluding carboxylic acids is 1. The number of amides is 1. The van der Waals surface area contributed by atoms with Gasteiger partial charge in [0.05, 0.1) is 17.1 Å². The van der Waals surface area contributed by atoms with E-state index >= 15 is 0 Å². The summed E-state index contributed by atoms with van der Waals surface area (Å²) in [7, 11) is 0. The van der Waals surface area contributed by atoms with E-state index in [2.05, 4.69) is 10.4 Å². The largest absolute Gasteiger partial charge is 0.305 e. The molecule has 3 aromatic rings. The molecule has 0 aliphatic heterocycles. The Morgan fingerprint density at radius 3 is 2.65 bits per heavy atom. The molecule has 1 amide bonds. The van der Waals surface area contributed by atoms with Crippen LogP contribution >= 0.6 is 11.6 Å². The molecule has 0 atom stereocenters. The average molecular weight is 330 g/mol. The van der Waals surface area contributed by atoms with Gasteiger partial charge in [-0.1, -0.05) is 41.9 Å². The number of anilines is 1. The fourth-order valence-electron chi connectivity index (χ4n) is 2.15. The van der Waals surface area contributed by atoms with Crippen molar-refractivity contribution in [3.8, 4) is 0 Å². The molecule has 0 fully saturated rings. The van der Waals surface area contributed by atoms with Crippen molar-refractivity contribution in [3.63, 3.8) is 0 Å². The van der Waals surface area contributed by atoms with Gasteiger partial charge < -0.3 is 5.32 Å². The molecule has 116 valence electrons. The SMILES string of the molecule is O=C(Nc1ccn(Cc2ccccc2F)n1)c1ccccc1Cl. The summed E-state index contributed by atoms with van der Waals surface area (Å²) in [6, 6.07) is 14.9. The third kappa shape index (κ3) is 3.57. The molecule has 0 spiro atoms. The van der Waals surface area contributed by atoms with E-state index in [1.807, 2.05) is 0 Å². The van der Waals surface area contributed by atoms with Crippen molar-refractivity contribution in [1.29, 1.82) is 0 Å². The van der Waals surface area contributed by atoms with E-state index in [9.17, 15) is 9.18 Å². The maximum absolute atomic E-state index is 13.6. The lowest BCUT2D eigenvalue weighted by Gasteiger charge is -2.05. The summed E-state index contributed by atoms with van der Waals surface area (Å²) in [6.07, 6.45) is 1.68. The van der Waals surface area contributed by atoms with Gasteiger partial charge in [-0.3, -0.25) is 9.48 Å². The smallest absolute Gasteiger partial charge is 0.258 e. The summed E-state index contributed by atoms with van der Waals surface area (Å²) < 4.78 is 15.2. The zero-order valence-corrected chi connectivity index (χ0v) is 12.8. The molecule has 0 saturated carbocycles. The Bertz CT molecular complexity index is 847. The van der Waals surface area contributed by atoms with Gasteiger partial charge in [0.1, 0.15) is 5.82 Å². The number of carbonyl (C=O) groups is 1. The molecular formula is C17H13ClFN3O. The van der Waals surface area contributed by atoms with E-state index in [0.717, 1.165) is 0 Å². The number of benzene rings is 2. The highest BCUT2D eigenvalue weighted by atomic mass is 35.5. The van der Waals surface area contributed by atoms with Crippen LogP contribution in [0, 0.1) is 5.82 Å². The molecule has 0 aliphatic rings. The van der Waals surface area contributed by atoms with E-state index in [-0.39, 0.29) is 18.3 Å². The van der Waals surface area contributed by atoms with Crippen molar-refractivity contribution in [2.24, 2.45) is 0 Å². The minimum absolute atomic E-state index is 0.286. The van der Waals surface area contributed by atoms with Crippen LogP contribution in [0.3, 0.4) is 0 Å². The van der Waals surface area contributed by atoms with Crippen molar-refractivity contribution >= 4 is 23.3 Å². The molecule has 1 N–H and O–H groups in total. The van der Waals surface area contributed by atoms with Crippen LogP contribution in [0.4, 0.5) is 10.2 Å². The molecule has 0 radical (unpaired) electrons. The van der Waals surface area contributed by atoms with Gasteiger partial charge >= 0.3 is 0 Å². The third-order valence-electron chi connectivity index (χ3n) is 3.29. The zero-order valence-electron chi connectivity index (χ0n) is 12.0. The fraction of sp³-hybridized carbons (Fsp3) is 0.0588. The Kier molecular flexibility index (Phi) is 4.39. The van der Waals surface area contributed by atoms with Gasteiger partial charge in [0, 0.05) is 17.8 Å². The van der Waals surface area contributed by atoms with Crippen molar-refractivity contribution in [1.82, 2.24) is 9.78 Å². The standard InChI is InChI=1S/C17H13ClFN3O/c18-14-7-3-2-6-13(14)17(23)20-16-9-10-22(21-16)11-12-5-1-4-8-15(12)19/h1-10H,11H2,(H,20,21,23). The third-order valence-corrected chi connectivity index (χ3v) is 3.62. The van der Waals surface area contributed by atoms with Crippen LogP contribution in [0.15, 0.2) is 60.8 Å². The van der Waals surface area contributed by atoms with Gasteiger partial charge in [-0.2, -0.15) is 5.10 Å². The Morgan fingerprint density at radius 2 is 1.87 bits per heavy atom. The van der Waals surface area contributed by atoms with Crippen LogP contribution in [0.5, 0.6) is 0 Å². The van der Waals surface area contributed by atoms with Crippen molar-refractivity contribution in [2.75, 3.05) is 5.32 Å². The Labute approximate surface area is 137 Å². The first-order chi connectivity index (χ1) is 11.1. The van der Waals surface area contributed by atoms with E-state index in [1.165, 1.54) is 6.07 Å². The van der Waals surface area contributed by atoms with Gasteiger partial charge in [-0.25, -0.2) is 4.39 Å². The molecule has 0 aliphatic carbocycles. The summed E-state index contributed by atoms with van der Waals surface area (Å²) in [4.78, 5) is 12.2. The molecule has 1 heterocycles. The minimum atomic E-state index is -0.341. The molecule has 0 saturated heterocycles. The summed E-state index contributed by atoms with van der Waals surface area (Å²) in [5.74, 6) is -0.248. The molecule has 1 aromatic heterocycles. The topological polar surface area (TPSA) is 46.9 Å². The lowest BCUT2D eigenvalue weighted by molar-refractivity contribution is 0.102. The van der Waals surface area contributed by atoms with Gasteiger partial charge in [0.15, 0.2) is 5.82 Å². The second kappa shape index (κ2) is 6.62. The highest BCUT2D eigenvalue weighted by Gasteiger charge is 2.11. The molecule has 2 aromatic carbocycles. The fourth-order valence-corrected chi connectivity index (χ4v) is 2.37. The van der Waals surface area contributed by atoms with Gasteiger partial charge in [-0.05, 0) is 18.2 Å². The summed E-state index contributed by atoms with van der Waals surface area (Å²) in [5, 5.41) is 7.26. The average Bonchev–Trinajstić information content (AvgIpc) is 2.97. The van der Waals surface area contributed by atoms with Crippen LogP contribution in [-0.4, -0.2) is 15.7 Å². The first-order valence-electron chi connectivity index (χ1n) is 6.96. The zero-order chi connectivity index (χ0) is 16.2. The summed E-state index contributed by atoms with van der Waals surface area (Å²) >= 11 is 5.99. The number of halogens is 2. The second-order valence-electron chi connectivity index (χ2n) is 4.92. The first kappa shape index (κ1) is 15.2. The summed E-state index contributed by atoms with van der Waals surface area (Å²) in [6.45, 7) is 0.286. The monoisotopic (exact) mass is 329 g/mol. The van der Waals surface area contributed by atoms with Gasteiger partial charge in [-0.15, -0.1) is 0 Å². The Hall–Kier alpha value is -2.66. The molecule has 3 rings (SSSR count). The maximum Gasteiger partial charge on any atom is 0.258 e. The van der Waals surface area contributed by atoms with Crippen LogP contribution in [0.1, 0.15) is 15.9 Å². The van der Waals surface area contributed by atoms with Crippen LogP contribution in [-0.2, 0) is 6.54 Å². The van der Waals surface area contributed by atoms with Crippen molar-refractivity contribution in [3.05, 3.63) is 82.8 Å². The lowest BCUT2D eigenvalue weighted by Crippen LogP contribution is -2.13. The first-order valence-corrected chi connectivity index (χ1v) is 7.34. The maximum atomic E-state index is 13.6. The van der Waals surface area contributed by atoms with E-state index in [1.54, 1.807) is 59.4 Å². The molecule has 0 unspecified atom stereocenters. The highest BCUT2D eigenvalue weighted by molar-refractivity contribution is 6.34. The molecule has 6 heteroatoms. The number of hydrogen-bond acceptors (Lipinski definition) is 2. The van der Waals surface area contributed by atoms with Gasteiger partial charge in [0.25, 0.3) is 5.91 Å². The second-order valence-corrected chi connectivity index (χ2v) is 5.33. The minimum Gasteiger partial charge on any atom is -0.305 e. The predicted molar refractivity (Wildman–Crippen MR) is 87.1 cm³/mol. The Balaban J connectivity index is 1.72. The molecule has 4 nitrogen and oxygen atoms in total. The number of rotatable bonds is 4. The number of hydrogen-bond donors (Lipinski definition) is 1. The number of aromatic nitrogens is 2. The molecule has 0 bridgehead atoms. The normalized spacial score (nSPS) is 10.5. The molecular weight excluding hydrogens is 317 g/mol. The van der Waals surface area contributed by atoms with E-state index in [0.29, 0.717) is 22.0 Å². The van der Waals surface area contributed by atoms with Crippen molar-refractivity contribution in [2.45, 2.75) is 6.54 Å². The highest BCUT2D eigenvalue weighted by Crippen LogP contribution is 2.17. The Morgan fingerprint density at radius 1 is 1.13 bits per heavy atom. The number of nitrogens with one attached hydrogen (secondary N) is 1. The lowest BCUT2D eigenvalue weighted by atomic mass is 10.2. The summed E-state index contributed by atoms with van der Waals surface area (Å²) in [5.41, 5.74) is 0.900. The van der Waals surface area contributed by atoms with Crippen molar-refractivity contribution < 1.29 is 9.18 Å². The van der Waals surface area contributed by atoms with E-state index < -0.39 is 0 Å². The van der Waals surface area contributed by atoms with E-state index in [4.69, 9.17) is 11.6 Å². The van der Waals surface area contributed by atoms with Crippen LogP contribution < -0.4 is 5.32 Å². The number of nitrogens with zero attached hydrogens (tertiary/aromatic N) is 2. The molecule has 23 heavy (non-hydrogen) atoms.